The topological polar surface area (TPSA) is 123 Å². The second-order valence-corrected chi connectivity index (χ2v) is 7.55. The average Bonchev–Trinajstić information content (AvgIpc) is 3.17. The molecule has 2 heterocycles. The van der Waals surface area contributed by atoms with Gasteiger partial charge in [0, 0.05) is 26.2 Å². The summed E-state index contributed by atoms with van der Waals surface area (Å²) in [5.74, 6) is -2.09. The van der Waals surface area contributed by atoms with E-state index in [1.54, 1.807) is 18.2 Å². The number of hydrogen-bond acceptors (Lipinski definition) is 7. The molecule has 2 aromatic rings. The van der Waals surface area contributed by atoms with Crippen molar-refractivity contribution in [2.45, 2.75) is 5.09 Å². The van der Waals surface area contributed by atoms with Gasteiger partial charge in [0.2, 0.25) is 10.9 Å². The number of primary sulfonamides is 1. The van der Waals surface area contributed by atoms with Gasteiger partial charge in [0.15, 0.2) is 6.61 Å². The molecule has 0 saturated carbocycles. The zero-order valence-electron chi connectivity index (χ0n) is 14.7. The van der Waals surface area contributed by atoms with Crippen LogP contribution in [0, 0.1) is 5.82 Å². The Balaban J connectivity index is 1.50. The van der Waals surface area contributed by atoms with Crippen molar-refractivity contribution in [3.05, 3.63) is 48.0 Å². The molecule has 0 aliphatic carbocycles. The van der Waals surface area contributed by atoms with Crippen LogP contribution in [0.2, 0.25) is 0 Å². The SMILES string of the molecule is NS(=O)(=O)c1ccc(C(=O)OCC(=O)N2CCN(c3ccccc3F)CC2)o1. The summed E-state index contributed by atoms with van der Waals surface area (Å²) in [6.45, 7) is 1.05. The number of esters is 1. The molecule has 11 heteroatoms. The number of nitrogens with zero attached hydrogens (tertiary/aromatic N) is 2. The van der Waals surface area contributed by atoms with Crippen LogP contribution in [-0.2, 0) is 19.6 Å². The van der Waals surface area contributed by atoms with Gasteiger partial charge in [0.05, 0.1) is 5.69 Å². The number of halogens is 1. The van der Waals surface area contributed by atoms with Crippen LogP contribution in [0.25, 0.3) is 0 Å². The Bertz CT molecular complexity index is 982. The van der Waals surface area contributed by atoms with Crippen molar-refractivity contribution < 1.29 is 31.6 Å². The van der Waals surface area contributed by atoms with Gasteiger partial charge in [-0.25, -0.2) is 22.7 Å². The molecule has 0 bridgehead atoms. The average molecular weight is 411 g/mol. The lowest BCUT2D eigenvalue weighted by Gasteiger charge is -2.36. The third-order valence-corrected chi connectivity index (χ3v) is 5.00. The lowest BCUT2D eigenvalue weighted by molar-refractivity contribution is -0.134. The Morgan fingerprint density at radius 3 is 2.39 bits per heavy atom. The van der Waals surface area contributed by atoms with E-state index in [0.717, 1.165) is 12.1 Å². The number of amides is 1. The van der Waals surface area contributed by atoms with Crippen LogP contribution in [0.1, 0.15) is 10.6 Å². The van der Waals surface area contributed by atoms with Gasteiger partial charge in [-0.05, 0) is 24.3 Å². The van der Waals surface area contributed by atoms with Crippen LogP contribution in [0.3, 0.4) is 0 Å². The maximum atomic E-state index is 13.8. The molecule has 150 valence electrons. The molecule has 1 aliphatic rings. The number of hydrogen-bond donors (Lipinski definition) is 1. The molecule has 0 atom stereocenters. The molecule has 1 aliphatic heterocycles. The summed E-state index contributed by atoms with van der Waals surface area (Å²) < 4.78 is 45.8. The Morgan fingerprint density at radius 1 is 1.11 bits per heavy atom. The molecule has 0 radical (unpaired) electrons. The number of nitrogens with two attached hydrogens (primary N) is 1. The maximum absolute atomic E-state index is 13.8. The summed E-state index contributed by atoms with van der Waals surface area (Å²) in [4.78, 5) is 27.4. The molecular weight excluding hydrogens is 393 g/mol. The highest BCUT2D eigenvalue weighted by molar-refractivity contribution is 7.89. The number of ether oxygens (including phenoxy) is 1. The molecule has 1 aromatic heterocycles. The minimum absolute atomic E-state index is 0.325. The first-order valence-electron chi connectivity index (χ1n) is 8.33. The lowest BCUT2D eigenvalue weighted by Crippen LogP contribution is -2.50. The van der Waals surface area contributed by atoms with Gasteiger partial charge in [-0.15, -0.1) is 0 Å². The van der Waals surface area contributed by atoms with Gasteiger partial charge in [-0.1, -0.05) is 12.1 Å². The van der Waals surface area contributed by atoms with E-state index in [0.29, 0.717) is 31.9 Å². The first-order chi connectivity index (χ1) is 13.3. The number of benzene rings is 1. The molecule has 3 rings (SSSR count). The van der Waals surface area contributed by atoms with E-state index in [4.69, 9.17) is 14.3 Å². The predicted molar refractivity (Wildman–Crippen MR) is 95.6 cm³/mol. The van der Waals surface area contributed by atoms with Gasteiger partial charge < -0.3 is 19.0 Å². The molecule has 0 unspecified atom stereocenters. The highest BCUT2D eigenvalue weighted by Gasteiger charge is 2.24. The van der Waals surface area contributed by atoms with Crippen molar-refractivity contribution in [3.8, 4) is 0 Å². The van der Waals surface area contributed by atoms with Crippen molar-refractivity contribution in [1.82, 2.24) is 4.90 Å². The Labute approximate surface area is 160 Å². The van der Waals surface area contributed by atoms with Crippen LogP contribution in [-0.4, -0.2) is 58.0 Å². The van der Waals surface area contributed by atoms with Crippen molar-refractivity contribution in [2.24, 2.45) is 5.14 Å². The molecule has 9 nitrogen and oxygen atoms in total. The van der Waals surface area contributed by atoms with Gasteiger partial charge in [-0.2, -0.15) is 0 Å². The second kappa shape index (κ2) is 7.98. The number of anilines is 1. The van der Waals surface area contributed by atoms with Crippen molar-refractivity contribution >= 4 is 27.6 Å². The van der Waals surface area contributed by atoms with Gasteiger partial charge in [0.25, 0.3) is 15.9 Å². The van der Waals surface area contributed by atoms with Crippen LogP contribution < -0.4 is 10.0 Å². The van der Waals surface area contributed by atoms with Gasteiger partial charge in [0.1, 0.15) is 5.82 Å². The molecule has 28 heavy (non-hydrogen) atoms. The van der Waals surface area contributed by atoms with Crippen molar-refractivity contribution in [1.29, 1.82) is 0 Å². The predicted octanol–water partition coefficient (Wildman–Crippen LogP) is 0.572. The molecular formula is C17H18FN3O6S. The molecule has 1 saturated heterocycles. The molecule has 0 spiro atoms. The largest absolute Gasteiger partial charge is 0.450 e. The number of furan rings is 1. The fraction of sp³-hybridized carbons (Fsp3) is 0.294. The summed E-state index contributed by atoms with van der Waals surface area (Å²) in [5.41, 5.74) is 0.476. The summed E-state index contributed by atoms with van der Waals surface area (Å²) >= 11 is 0. The zero-order valence-corrected chi connectivity index (χ0v) is 15.5. The van der Waals surface area contributed by atoms with Crippen LogP contribution in [0.5, 0.6) is 0 Å². The number of carbonyl (C=O) groups is 2. The van der Waals surface area contributed by atoms with Gasteiger partial charge in [-0.3, -0.25) is 4.79 Å². The summed E-state index contributed by atoms with van der Waals surface area (Å²) in [7, 11) is -4.08. The van der Waals surface area contributed by atoms with Crippen LogP contribution in [0.15, 0.2) is 45.9 Å². The summed E-state index contributed by atoms with van der Waals surface area (Å²) in [5, 5.41) is 4.32. The van der Waals surface area contributed by atoms with Crippen LogP contribution >= 0.6 is 0 Å². The Hall–Kier alpha value is -2.92. The number of piperazine rings is 1. The van der Waals surface area contributed by atoms with E-state index in [-0.39, 0.29) is 11.6 Å². The lowest BCUT2D eigenvalue weighted by atomic mass is 10.2. The summed E-state index contributed by atoms with van der Waals surface area (Å²) in [6, 6.07) is 8.52. The van der Waals surface area contributed by atoms with Crippen molar-refractivity contribution in [2.75, 3.05) is 37.7 Å². The molecule has 2 N–H and O–H groups in total. The van der Waals surface area contributed by atoms with E-state index in [1.807, 2.05) is 4.90 Å². The third-order valence-electron chi connectivity index (χ3n) is 4.22. The quantitative estimate of drug-likeness (QED) is 0.714. The molecule has 1 amide bonds. The molecule has 1 fully saturated rings. The fourth-order valence-electron chi connectivity index (χ4n) is 2.78. The maximum Gasteiger partial charge on any atom is 0.374 e. The minimum Gasteiger partial charge on any atom is -0.450 e. The number of rotatable bonds is 5. The van der Waals surface area contributed by atoms with E-state index in [2.05, 4.69) is 0 Å². The fourth-order valence-corrected chi connectivity index (χ4v) is 3.24. The first kappa shape index (κ1) is 19.8. The smallest absolute Gasteiger partial charge is 0.374 e. The standard InChI is InChI=1S/C17H18FN3O6S/c18-12-3-1-2-4-13(12)20-7-9-21(10-8-20)15(22)11-26-17(23)14-5-6-16(27-14)28(19,24)25/h1-6H,7-11H2,(H2,19,24,25). The first-order valence-corrected chi connectivity index (χ1v) is 9.87. The van der Waals surface area contributed by atoms with E-state index in [1.165, 1.54) is 11.0 Å². The second-order valence-electron chi connectivity index (χ2n) is 6.06. The van der Waals surface area contributed by atoms with Crippen LogP contribution in [0.4, 0.5) is 10.1 Å². The van der Waals surface area contributed by atoms with E-state index < -0.39 is 33.6 Å². The minimum atomic E-state index is -4.08. The van der Waals surface area contributed by atoms with Crippen molar-refractivity contribution in [3.63, 3.8) is 0 Å². The van der Waals surface area contributed by atoms with Gasteiger partial charge >= 0.3 is 5.97 Å². The van der Waals surface area contributed by atoms with E-state index >= 15 is 0 Å². The highest BCUT2D eigenvalue weighted by Crippen LogP contribution is 2.20. The normalized spacial score (nSPS) is 14.8. The number of para-hydroxylation sites is 1. The Kier molecular flexibility index (Phi) is 5.66. The number of carbonyl (C=O) groups excluding carboxylic acids is 2. The molecule has 1 aromatic carbocycles. The highest BCUT2D eigenvalue weighted by atomic mass is 32.2. The monoisotopic (exact) mass is 411 g/mol. The van der Waals surface area contributed by atoms with E-state index in [9.17, 15) is 22.4 Å². The summed E-state index contributed by atoms with van der Waals surface area (Å²) in [6.07, 6.45) is 0. The number of sulfonamides is 1. The zero-order chi connectivity index (χ0) is 20.3. The third kappa shape index (κ3) is 4.49. The Morgan fingerprint density at radius 2 is 1.79 bits per heavy atom.